The molecule has 2 N–H and O–H groups in total. The number of nitrogens with one attached hydrogen (secondary N) is 2. The zero-order chi connectivity index (χ0) is 15.5. The van der Waals surface area contributed by atoms with Crippen LogP contribution in [-0.4, -0.2) is 42.2 Å². The molecule has 0 unspecified atom stereocenters. The van der Waals surface area contributed by atoms with Crippen LogP contribution in [0, 0.1) is 4.91 Å². The molecule has 0 aliphatic heterocycles. The molecule has 2 aromatic rings. The highest BCUT2D eigenvalue weighted by molar-refractivity contribution is 5.74. The second-order valence-electron chi connectivity index (χ2n) is 6.27. The molecule has 0 bridgehead atoms. The van der Waals surface area contributed by atoms with Crippen molar-refractivity contribution in [3.63, 3.8) is 0 Å². The van der Waals surface area contributed by atoms with Crippen LogP contribution >= 0.6 is 0 Å². The summed E-state index contributed by atoms with van der Waals surface area (Å²) in [6, 6.07) is 4.10. The first-order valence-electron chi connectivity index (χ1n) is 8.00. The molecular formula is C16H24N5O+. The third kappa shape index (κ3) is 3.27. The molecule has 0 saturated heterocycles. The maximum absolute atomic E-state index is 12.2. The van der Waals surface area contributed by atoms with Crippen molar-refractivity contribution in [2.24, 2.45) is 0 Å². The molecule has 3 rings (SSSR count). The van der Waals surface area contributed by atoms with Gasteiger partial charge in [-0.05, 0) is 57.0 Å². The van der Waals surface area contributed by atoms with E-state index in [4.69, 9.17) is 0 Å². The van der Waals surface area contributed by atoms with Gasteiger partial charge in [0.15, 0.2) is 4.54 Å². The molecule has 0 saturated carbocycles. The fraction of sp³-hybridized carbons (Fsp3) is 0.562. The maximum Gasteiger partial charge on any atom is 0.318 e. The van der Waals surface area contributed by atoms with Crippen LogP contribution in [0.1, 0.15) is 30.4 Å². The van der Waals surface area contributed by atoms with E-state index in [2.05, 4.69) is 26.4 Å². The summed E-state index contributed by atoms with van der Waals surface area (Å²) in [5.74, 6) is 0.526. The van der Waals surface area contributed by atoms with Gasteiger partial charge in [-0.3, -0.25) is 0 Å². The maximum atomic E-state index is 12.2. The van der Waals surface area contributed by atoms with Crippen LogP contribution in [0.5, 0.6) is 0 Å². The van der Waals surface area contributed by atoms with Crippen molar-refractivity contribution >= 4 is 17.0 Å². The molecule has 0 fully saturated rings. The zero-order valence-corrected chi connectivity index (χ0v) is 13.4. The fourth-order valence-electron chi connectivity index (χ4n) is 2.97. The highest BCUT2D eigenvalue weighted by Gasteiger charge is 2.17. The number of hydrogen-bond acceptors (Lipinski definition) is 4. The molecular weight excluding hydrogens is 278 g/mol. The molecule has 6 nitrogen and oxygen atoms in total. The SMILES string of the molecule is CN(C)CCNc1nc2cc3c(cc2[n+](=O)[nH]1)CCCCC3. The number of aromatic amines is 1. The lowest BCUT2D eigenvalue weighted by atomic mass is 10.0. The first-order valence-corrected chi connectivity index (χ1v) is 8.00. The van der Waals surface area contributed by atoms with E-state index in [9.17, 15) is 4.91 Å². The molecule has 0 spiro atoms. The number of aryl methyl sites for hydroxylation is 2. The van der Waals surface area contributed by atoms with Crippen molar-refractivity contribution in [3.05, 3.63) is 28.2 Å². The normalized spacial score (nSPS) is 14.9. The van der Waals surface area contributed by atoms with Crippen molar-refractivity contribution < 1.29 is 4.54 Å². The largest absolute Gasteiger partial charge is 0.350 e. The van der Waals surface area contributed by atoms with Gasteiger partial charge in [0.2, 0.25) is 0 Å². The van der Waals surface area contributed by atoms with Crippen LogP contribution < -0.4 is 9.86 Å². The minimum Gasteiger partial charge on any atom is -0.350 e. The lowest BCUT2D eigenvalue weighted by molar-refractivity contribution is -0.535. The third-order valence-corrected chi connectivity index (χ3v) is 4.20. The monoisotopic (exact) mass is 302 g/mol. The van der Waals surface area contributed by atoms with E-state index in [1.807, 2.05) is 20.2 Å². The molecule has 1 aliphatic rings. The van der Waals surface area contributed by atoms with Gasteiger partial charge < -0.3 is 10.2 Å². The van der Waals surface area contributed by atoms with Crippen LogP contribution in [-0.2, 0) is 12.8 Å². The van der Waals surface area contributed by atoms with Crippen molar-refractivity contribution in [2.45, 2.75) is 32.1 Å². The number of anilines is 1. The Morgan fingerprint density at radius 2 is 1.95 bits per heavy atom. The first-order chi connectivity index (χ1) is 10.6. The molecule has 118 valence electrons. The number of rotatable bonds is 4. The van der Waals surface area contributed by atoms with E-state index in [0.29, 0.717) is 11.5 Å². The molecule has 0 radical (unpaired) electrons. The number of H-pyrrole nitrogens is 1. The average Bonchev–Trinajstić information content (AvgIpc) is 2.70. The summed E-state index contributed by atoms with van der Waals surface area (Å²) in [5.41, 5.74) is 4.04. The Morgan fingerprint density at radius 1 is 1.23 bits per heavy atom. The standard InChI is InChI=1S/C16H24N5O/c1-20(2)9-8-17-16-18-14-10-12-6-4-3-5-7-13(12)11-15(14)21(22)19-16/h10-11H,3-9H2,1-2H3,(H2,17,18,19,22)/q+1. The first kappa shape index (κ1) is 15.0. The summed E-state index contributed by atoms with van der Waals surface area (Å²) in [4.78, 5) is 18.9. The number of hydrogen-bond donors (Lipinski definition) is 2. The van der Waals surface area contributed by atoms with E-state index >= 15 is 0 Å². The van der Waals surface area contributed by atoms with E-state index in [1.165, 1.54) is 30.4 Å². The average molecular weight is 302 g/mol. The fourth-order valence-corrected chi connectivity index (χ4v) is 2.97. The summed E-state index contributed by atoms with van der Waals surface area (Å²) in [7, 11) is 4.03. The summed E-state index contributed by atoms with van der Waals surface area (Å²) in [5, 5.41) is 5.94. The molecule has 0 amide bonds. The number of fused-ring (bicyclic) bond motifs is 2. The van der Waals surface area contributed by atoms with Crippen molar-refractivity contribution in [1.29, 1.82) is 0 Å². The summed E-state index contributed by atoms with van der Waals surface area (Å²) in [6.07, 6.45) is 5.85. The summed E-state index contributed by atoms with van der Waals surface area (Å²) in [6.45, 7) is 1.63. The van der Waals surface area contributed by atoms with Gasteiger partial charge in [0.1, 0.15) is 5.52 Å². The molecule has 6 heteroatoms. The number of nitrogens with zero attached hydrogens (tertiary/aromatic N) is 3. The van der Waals surface area contributed by atoms with Crippen LogP contribution in [0.2, 0.25) is 0 Å². The van der Waals surface area contributed by atoms with E-state index in [-0.39, 0.29) is 0 Å². The van der Waals surface area contributed by atoms with Gasteiger partial charge in [0.25, 0.3) is 5.95 Å². The number of likely N-dealkylation sites (N-methyl/N-ethyl adjacent to an activating group) is 1. The van der Waals surface area contributed by atoms with Crippen molar-refractivity contribution in [3.8, 4) is 0 Å². The van der Waals surface area contributed by atoms with Crippen LogP contribution in [0.3, 0.4) is 0 Å². The lowest BCUT2D eigenvalue weighted by Gasteiger charge is -2.09. The Kier molecular flexibility index (Phi) is 4.38. The molecule has 0 atom stereocenters. The topological polar surface area (TPSA) is 66.9 Å². The molecule has 1 aromatic carbocycles. The van der Waals surface area contributed by atoms with Crippen LogP contribution in [0.25, 0.3) is 11.0 Å². The minimum absolute atomic E-state index is 0.526. The zero-order valence-electron chi connectivity index (χ0n) is 13.4. The Bertz CT molecular complexity index is 722. The molecule has 1 aromatic heterocycles. The van der Waals surface area contributed by atoms with Crippen LogP contribution in [0.4, 0.5) is 5.95 Å². The summed E-state index contributed by atoms with van der Waals surface area (Å²) >= 11 is 0. The minimum atomic E-state index is 0.526. The van der Waals surface area contributed by atoms with Crippen molar-refractivity contribution in [1.82, 2.24) is 15.0 Å². The van der Waals surface area contributed by atoms with Gasteiger partial charge in [0.05, 0.1) is 4.91 Å². The van der Waals surface area contributed by atoms with Gasteiger partial charge >= 0.3 is 5.52 Å². The predicted octanol–water partition coefficient (Wildman–Crippen LogP) is 1.72. The Morgan fingerprint density at radius 3 is 2.68 bits per heavy atom. The van der Waals surface area contributed by atoms with Gasteiger partial charge in [-0.15, -0.1) is 0 Å². The van der Waals surface area contributed by atoms with Crippen molar-refractivity contribution in [2.75, 3.05) is 32.5 Å². The predicted molar refractivity (Wildman–Crippen MR) is 87.8 cm³/mol. The number of benzene rings is 1. The molecule has 22 heavy (non-hydrogen) atoms. The second kappa shape index (κ2) is 6.44. The van der Waals surface area contributed by atoms with Gasteiger partial charge in [0, 0.05) is 19.2 Å². The molecule has 1 aliphatic carbocycles. The van der Waals surface area contributed by atoms with Gasteiger partial charge in [-0.1, -0.05) is 11.5 Å². The van der Waals surface area contributed by atoms with E-state index < -0.39 is 0 Å². The Balaban J connectivity index is 1.93. The Hall–Kier alpha value is -1.95. The van der Waals surface area contributed by atoms with E-state index in [0.717, 1.165) is 36.0 Å². The third-order valence-electron chi connectivity index (χ3n) is 4.20. The lowest BCUT2D eigenvalue weighted by Crippen LogP contribution is -2.26. The highest BCUT2D eigenvalue weighted by Crippen LogP contribution is 2.23. The van der Waals surface area contributed by atoms with E-state index in [1.54, 1.807) is 0 Å². The number of aromatic nitrogens is 3. The smallest absolute Gasteiger partial charge is 0.318 e. The highest BCUT2D eigenvalue weighted by atomic mass is 16.3. The second-order valence-corrected chi connectivity index (χ2v) is 6.27. The quantitative estimate of drug-likeness (QED) is 0.666. The summed E-state index contributed by atoms with van der Waals surface area (Å²) < 4.78 is 0.825. The Labute approximate surface area is 130 Å². The van der Waals surface area contributed by atoms with Crippen LogP contribution in [0.15, 0.2) is 12.1 Å². The van der Waals surface area contributed by atoms with Gasteiger partial charge in [-0.25, -0.2) is 4.98 Å². The van der Waals surface area contributed by atoms with Gasteiger partial charge in [-0.2, -0.15) is 0 Å². The molecule has 1 heterocycles.